The molecule has 1 saturated heterocycles. The Morgan fingerprint density at radius 1 is 0.697 bits per heavy atom. The molecule has 0 amide bonds. The Balaban J connectivity index is 2.18. The maximum Gasteiger partial charge on any atom is 0.472 e. The van der Waals surface area contributed by atoms with Gasteiger partial charge in [-0.1, -0.05) is 97.8 Å². The first kappa shape index (κ1) is 31.1. The van der Waals surface area contributed by atoms with E-state index in [1.165, 1.54) is 83.5 Å². The van der Waals surface area contributed by atoms with Crippen molar-refractivity contribution in [3.8, 4) is 0 Å². The fourth-order valence-corrected chi connectivity index (χ4v) is 5.43. The minimum atomic E-state index is -3.92. The molecule has 1 rings (SSSR count). The molecule has 7 heteroatoms. The third kappa shape index (κ3) is 16.4. The standard InChI is InChI=1S/C26H55N2O4P/c1-4-7-10-11-12-13-16-24-31-33(29,30)32-25-23-27-19-21-28(22-20-27)26(17-14-8-5-2)18-15-9-6-3/h26H,4-25H2,1-3H3,(H,29,30). The van der Waals surface area contributed by atoms with Crippen LogP contribution in [-0.4, -0.2) is 66.7 Å². The topological polar surface area (TPSA) is 62.2 Å². The molecule has 0 bridgehead atoms. The molecule has 0 aromatic rings. The molecular weight excluding hydrogens is 435 g/mol. The van der Waals surface area contributed by atoms with E-state index in [0.29, 0.717) is 13.2 Å². The van der Waals surface area contributed by atoms with Gasteiger partial charge in [0.1, 0.15) is 0 Å². The summed E-state index contributed by atoms with van der Waals surface area (Å²) < 4.78 is 22.5. The van der Waals surface area contributed by atoms with Gasteiger partial charge < -0.3 is 4.89 Å². The number of rotatable bonds is 22. The Bertz CT molecular complexity index is 477. The number of nitrogens with zero attached hydrogens (tertiary/aromatic N) is 2. The van der Waals surface area contributed by atoms with Crippen molar-refractivity contribution in [3.63, 3.8) is 0 Å². The molecule has 0 spiro atoms. The lowest BCUT2D eigenvalue weighted by Gasteiger charge is -2.39. The van der Waals surface area contributed by atoms with Crippen molar-refractivity contribution in [2.24, 2.45) is 0 Å². The van der Waals surface area contributed by atoms with Crippen LogP contribution < -0.4 is 0 Å². The molecule has 1 fully saturated rings. The lowest BCUT2D eigenvalue weighted by Crippen LogP contribution is -2.50. The molecule has 0 aliphatic carbocycles. The van der Waals surface area contributed by atoms with Gasteiger partial charge in [0, 0.05) is 38.8 Å². The fourth-order valence-electron chi connectivity index (χ4n) is 4.68. The zero-order chi connectivity index (χ0) is 24.2. The maximum atomic E-state index is 12.1. The molecule has 1 atom stereocenters. The van der Waals surface area contributed by atoms with E-state index in [-0.39, 0.29) is 6.61 Å². The summed E-state index contributed by atoms with van der Waals surface area (Å²) in [6.45, 7) is 12.2. The van der Waals surface area contributed by atoms with Crippen LogP contribution in [0.2, 0.25) is 0 Å². The summed E-state index contributed by atoms with van der Waals surface area (Å²) in [4.78, 5) is 15.0. The number of hydrogen-bond acceptors (Lipinski definition) is 5. The lowest BCUT2D eigenvalue weighted by molar-refractivity contribution is 0.0704. The van der Waals surface area contributed by atoms with Crippen molar-refractivity contribution in [1.82, 2.24) is 9.80 Å². The van der Waals surface area contributed by atoms with E-state index in [1.54, 1.807) is 0 Å². The van der Waals surface area contributed by atoms with Crippen LogP contribution in [0.3, 0.4) is 0 Å². The van der Waals surface area contributed by atoms with Crippen LogP contribution in [0.25, 0.3) is 0 Å². The molecule has 1 heterocycles. The average Bonchev–Trinajstić information content (AvgIpc) is 2.80. The molecule has 1 aliphatic heterocycles. The van der Waals surface area contributed by atoms with Crippen LogP contribution >= 0.6 is 7.82 Å². The van der Waals surface area contributed by atoms with Crippen LogP contribution in [0, 0.1) is 0 Å². The van der Waals surface area contributed by atoms with Gasteiger partial charge in [-0.05, 0) is 19.3 Å². The van der Waals surface area contributed by atoms with Gasteiger partial charge >= 0.3 is 7.82 Å². The van der Waals surface area contributed by atoms with Gasteiger partial charge in [0.2, 0.25) is 0 Å². The molecule has 0 aromatic heterocycles. The van der Waals surface area contributed by atoms with Crippen LogP contribution in [0.1, 0.15) is 117 Å². The second-order valence-corrected chi connectivity index (χ2v) is 11.2. The highest BCUT2D eigenvalue weighted by molar-refractivity contribution is 7.47. The average molecular weight is 491 g/mol. The SMILES string of the molecule is CCCCCCCCCOP(=O)(O)OCCN1CCN(C(CCCCC)CCCCC)CC1. The number of phosphoric acid groups is 1. The van der Waals surface area contributed by atoms with Crippen molar-refractivity contribution in [3.05, 3.63) is 0 Å². The van der Waals surface area contributed by atoms with E-state index in [9.17, 15) is 9.46 Å². The molecule has 1 unspecified atom stereocenters. The summed E-state index contributed by atoms with van der Waals surface area (Å²) in [6, 6.07) is 0.721. The zero-order valence-electron chi connectivity index (χ0n) is 22.1. The van der Waals surface area contributed by atoms with Gasteiger partial charge in [-0.3, -0.25) is 18.8 Å². The Kier molecular flexibility index (Phi) is 19.1. The molecule has 33 heavy (non-hydrogen) atoms. The first-order valence-electron chi connectivity index (χ1n) is 14.1. The van der Waals surface area contributed by atoms with E-state index in [0.717, 1.165) is 45.1 Å². The minimum Gasteiger partial charge on any atom is -0.302 e. The summed E-state index contributed by atoms with van der Waals surface area (Å²) >= 11 is 0. The molecule has 1 aliphatic rings. The molecule has 0 aromatic carbocycles. The summed E-state index contributed by atoms with van der Waals surface area (Å²) in [5.41, 5.74) is 0. The Hall–Kier alpha value is 0.0300. The molecule has 0 radical (unpaired) electrons. The monoisotopic (exact) mass is 490 g/mol. The summed E-state index contributed by atoms with van der Waals surface area (Å²) in [5, 5.41) is 0. The van der Waals surface area contributed by atoms with Crippen LogP contribution in [0.15, 0.2) is 0 Å². The van der Waals surface area contributed by atoms with E-state index in [2.05, 4.69) is 30.6 Å². The minimum absolute atomic E-state index is 0.251. The highest BCUT2D eigenvalue weighted by Gasteiger charge is 2.25. The number of piperazine rings is 1. The smallest absolute Gasteiger partial charge is 0.302 e. The van der Waals surface area contributed by atoms with Crippen LogP contribution in [-0.2, 0) is 13.6 Å². The van der Waals surface area contributed by atoms with Crippen LogP contribution in [0.5, 0.6) is 0 Å². The first-order valence-corrected chi connectivity index (χ1v) is 15.6. The normalized spacial score (nSPS) is 17.6. The van der Waals surface area contributed by atoms with E-state index in [1.807, 2.05) is 0 Å². The molecule has 6 nitrogen and oxygen atoms in total. The second-order valence-electron chi connectivity index (χ2n) is 9.78. The Labute approximate surface area is 205 Å². The third-order valence-electron chi connectivity index (χ3n) is 6.87. The predicted molar refractivity (Wildman–Crippen MR) is 140 cm³/mol. The fraction of sp³-hybridized carbons (Fsp3) is 1.00. The van der Waals surface area contributed by atoms with Gasteiger partial charge in [-0.2, -0.15) is 0 Å². The molecule has 1 N–H and O–H groups in total. The highest BCUT2D eigenvalue weighted by atomic mass is 31.2. The van der Waals surface area contributed by atoms with Gasteiger partial charge in [0.25, 0.3) is 0 Å². The van der Waals surface area contributed by atoms with Crippen LogP contribution in [0.4, 0.5) is 0 Å². The van der Waals surface area contributed by atoms with Crippen molar-refractivity contribution in [2.45, 2.75) is 123 Å². The van der Waals surface area contributed by atoms with E-state index in [4.69, 9.17) is 9.05 Å². The van der Waals surface area contributed by atoms with Gasteiger partial charge in [0.15, 0.2) is 0 Å². The predicted octanol–water partition coefficient (Wildman–Crippen LogP) is 7.02. The van der Waals surface area contributed by atoms with Gasteiger partial charge in [-0.15, -0.1) is 0 Å². The largest absolute Gasteiger partial charge is 0.472 e. The van der Waals surface area contributed by atoms with Crippen molar-refractivity contribution < 1.29 is 18.5 Å². The number of unbranched alkanes of at least 4 members (excludes halogenated alkanes) is 10. The van der Waals surface area contributed by atoms with Crippen molar-refractivity contribution in [2.75, 3.05) is 45.9 Å². The van der Waals surface area contributed by atoms with Crippen molar-refractivity contribution >= 4 is 7.82 Å². The summed E-state index contributed by atoms with van der Waals surface area (Å²) in [6.07, 6.45) is 18.7. The number of hydrogen-bond donors (Lipinski definition) is 1. The van der Waals surface area contributed by atoms with E-state index < -0.39 is 7.82 Å². The van der Waals surface area contributed by atoms with Gasteiger partial charge in [-0.25, -0.2) is 4.57 Å². The lowest BCUT2D eigenvalue weighted by atomic mass is 9.99. The number of phosphoric ester groups is 1. The van der Waals surface area contributed by atoms with Crippen molar-refractivity contribution in [1.29, 1.82) is 0 Å². The maximum absolute atomic E-state index is 12.1. The summed E-state index contributed by atoms with van der Waals surface area (Å²) in [5.74, 6) is 0. The quantitative estimate of drug-likeness (QED) is 0.130. The highest BCUT2D eigenvalue weighted by Crippen LogP contribution is 2.43. The zero-order valence-corrected chi connectivity index (χ0v) is 23.0. The van der Waals surface area contributed by atoms with E-state index >= 15 is 0 Å². The van der Waals surface area contributed by atoms with Gasteiger partial charge in [0.05, 0.1) is 13.2 Å². The molecule has 0 saturated carbocycles. The first-order chi connectivity index (χ1) is 16.0. The second kappa shape index (κ2) is 20.2. The third-order valence-corrected chi connectivity index (χ3v) is 7.89. The Morgan fingerprint density at radius 3 is 1.76 bits per heavy atom. The Morgan fingerprint density at radius 2 is 1.18 bits per heavy atom. The molecular formula is C26H55N2O4P. The molecule has 198 valence electrons. The summed E-state index contributed by atoms with van der Waals surface area (Å²) in [7, 11) is -3.92.